The summed E-state index contributed by atoms with van der Waals surface area (Å²) in [5.74, 6) is 0. The SMILES string of the molecule is CSC(=NC(C)(C)C)Nn1c(C)c(C)cc(C#N)c1=N. The molecule has 5 nitrogen and oxygen atoms in total. The van der Waals surface area contributed by atoms with Crippen LogP contribution in [0.3, 0.4) is 0 Å². The van der Waals surface area contributed by atoms with E-state index >= 15 is 0 Å². The Bertz CT molecular complexity index is 629. The maximum absolute atomic E-state index is 9.09. The highest BCUT2D eigenvalue weighted by Crippen LogP contribution is 2.11. The summed E-state index contributed by atoms with van der Waals surface area (Å²) in [6.07, 6.45) is 1.93. The molecule has 0 aliphatic carbocycles. The van der Waals surface area contributed by atoms with Crippen LogP contribution in [0.2, 0.25) is 0 Å². The van der Waals surface area contributed by atoms with Crippen molar-refractivity contribution in [1.29, 1.82) is 10.7 Å². The zero-order chi connectivity index (χ0) is 15.5. The molecule has 0 spiro atoms. The molecule has 0 saturated carbocycles. The van der Waals surface area contributed by atoms with Crippen LogP contribution in [-0.2, 0) is 0 Å². The van der Waals surface area contributed by atoms with Gasteiger partial charge in [-0.15, -0.1) is 0 Å². The molecule has 0 bridgehead atoms. The van der Waals surface area contributed by atoms with Crippen molar-refractivity contribution in [3.63, 3.8) is 0 Å². The average molecular weight is 291 g/mol. The number of nitrogens with one attached hydrogen (secondary N) is 2. The second-order valence-corrected chi connectivity index (χ2v) is 6.32. The van der Waals surface area contributed by atoms with Crippen LogP contribution in [0, 0.1) is 30.6 Å². The number of aromatic nitrogens is 1. The van der Waals surface area contributed by atoms with Crippen molar-refractivity contribution < 1.29 is 0 Å². The molecule has 108 valence electrons. The first-order chi connectivity index (χ1) is 9.19. The van der Waals surface area contributed by atoms with Crippen molar-refractivity contribution in [1.82, 2.24) is 4.68 Å². The third-order valence-electron chi connectivity index (χ3n) is 2.70. The van der Waals surface area contributed by atoms with Crippen molar-refractivity contribution in [2.75, 3.05) is 11.7 Å². The molecule has 0 atom stereocenters. The zero-order valence-electron chi connectivity index (χ0n) is 12.8. The molecule has 6 heteroatoms. The molecule has 1 aromatic rings. The van der Waals surface area contributed by atoms with Gasteiger partial charge in [0.05, 0.1) is 11.1 Å². The van der Waals surface area contributed by atoms with Crippen molar-refractivity contribution >= 4 is 16.9 Å². The van der Waals surface area contributed by atoms with Crippen LogP contribution in [0.15, 0.2) is 11.1 Å². The van der Waals surface area contributed by atoms with E-state index in [1.165, 1.54) is 11.8 Å². The van der Waals surface area contributed by atoms with Gasteiger partial charge in [-0.2, -0.15) is 5.26 Å². The van der Waals surface area contributed by atoms with E-state index in [1.807, 2.05) is 46.9 Å². The standard InChI is InChI=1S/C14H21N5S/c1-9-7-11(8-15)12(16)19(10(9)2)18-13(20-6)17-14(3,4)5/h7,16H,1-6H3,(H,17,18). The van der Waals surface area contributed by atoms with Crippen LogP contribution in [0.4, 0.5) is 0 Å². The number of nitriles is 1. The van der Waals surface area contributed by atoms with Crippen LogP contribution in [0.1, 0.15) is 37.6 Å². The van der Waals surface area contributed by atoms with Gasteiger partial charge >= 0.3 is 0 Å². The Balaban J connectivity index is 3.35. The smallest absolute Gasteiger partial charge is 0.176 e. The van der Waals surface area contributed by atoms with Gasteiger partial charge < -0.3 is 0 Å². The summed E-state index contributed by atoms with van der Waals surface area (Å²) in [7, 11) is 0. The highest BCUT2D eigenvalue weighted by atomic mass is 32.2. The van der Waals surface area contributed by atoms with Crippen molar-refractivity contribution in [3.05, 3.63) is 28.4 Å². The highest BCUT2D eigenvalue weighted by Gasteiger charge is 2.12. The molecule has 0 aliphatic rings. The molecule has 1 rings (SSSR count). The quantitative estimate of drug-likeness (QED) is 0.616. The third-order valence-corrected chi connectivity index (χ3v) is 3.27. The summed E-state index contributed by atoms with van der Waals surface area (Å²) < 4.78 is 1.61. The number of aliphatic imine (C=N–C) groups is 1. The Kier molecular flexibility index (Phi) is 5.01. The van der Waals surface area contributed by atoms with Gasteiger partial charge in [-0.25, -0.2) is 4.68 Å². The zero-order valence-corrected chi connectivity index (χ0v) is 13.6. The Hall–Kier alpha value is -1.74. The van der Waals surface area contributed by atoms with E-state index in [-0.39, 0.29) is 11.0 Å². The largest absolute Gasteiger partial charge is 0.282 e. The summed E-state index contributed by atoms with van der Waals surface area (Å²) >= 11 is 1.48. The minimum absolute atomic E-state index is 0.145. The molecule has 1 heterocycles. The van der Waals surface area contributed by atoms with E-state index in [2.05, 4.69) is 10.4 Å². The molecule has 1 aromatic heterocycles. The number of aryl methyl sites for hydroxylation is 1. The Labute approximate surface area is 124 Å². The summed E-state index contributed by atoms with van der Waals surface area (Å²) in [6, 6.07) is 3.78. The van der Waals surface area contributed by atoms with Gasteiger partial charge in [0.25, 0.3) is 0 Å². The number of hydrogen-bond acceptors (Lipinski definition) is 4. The first-order valence-electron chi connectivity index (χ1n) is 6.28. The molecule has 0 amide bonds. The Morgan fingerprint density at radius 2 is 2.05 bits per heavy atom. The lowest BCUT2D eigenvalue weighted by Crippen LogP contribution is -2.36. The predicted molar refractivity (Wildman–Crippen MR) is 84.5 cm³/mol. The normalized spacial score (nSPS) is 12.2. The van der Waals surface area contributed by atoms with E-state index in [0.717, 1.165) is 11.3 Å². The topological polar surface area (TPSA) is 77.0 Å². The van der Waals surface area contributed by atoms with Crippen molar-refractivity contribution in [2.24, 2.45) is 4.99 Å². The second kappa shape index (κ2) is 6.14. The lowest BCUT2D eigenvalue weighted by atomic mass is 10.1. The van der Waals surface area contributed by atoms with Gasteiger partial charge in [-0.1, -0.05) is 11.8 Å². The van der Waals surface area contributed by atoms with Gasteiger partial charge in [0.1, 0.15) is 6.07 Å². The fourth-order valence-electron chi connectivity index (χ4n) is 1.60. The fourth-order valence-corrected chi connectivity index (χ4v) is 2.14. The molecular weight excluding hydrogens is 270 g/mol. The molecule has 0 saturated heterocycles. The van der Waals surface area contributed by atoms with Gasteiger partial charge in [0, 0.05) is 5.69 Å². The third kappa shape index (κ3) is 3.87. The highest BCUT2D eigenvalue weighted by molar-refractivity contribution is 8.13. The van der Waals surface area contributed by atoms with Crippen molar-refractivity contribution in [3.8, 4) is 6.07 Å². The molecular formula is C14H21N5S. The first-order valence-corrected chi connectivity index (χ1v) is 7.51. The Morgan fingerprint density at radius 3 is 2.50 bits per heavy atom. The van der Waals surface area contributed by atoms with Gasteiger partial charge in [-0.05, 0) is 52.5 Å². The monoisotopic (exact) mass is 291 g/mol. The van der Waals surface area contributed by atoms with Crippen LogP contribution < -0.4 is 10.9 Å². The minimum Gasteiger partial charge on any atom is -0.282 e. The maximum atomic E-state index is 9.09. The summed E-state index contributed by atoms with van der Waals surface area (Å²) in [6.45, 7) is 9.88. The number of pyridine rings is 1. The van der Waals surface area contributed by atoms with Gasteiger partial charge in [0.15, 0.2) is 10.7 Å². The molecule has 0 aliphatic heterocycles. The van der Waals surface area contributed by atoms with E-state index in [4.69, 9.17) is 10.7 Å². The van der Waals surface area contributed by atoms with Gasteiger partial charge in [-0.3, -0.25) is 15.8 Å². The van der Waals surface area contributed by atoms with E-state index in [9.17, 15) is 0 Å². The number of rotatable bonds is 1. The number of thioether (sulfide) groups is 1. The number of amidine groups is 1. The lowest BCUT2D eigenvalue weighted by Gasteiger charge is -2.20. The lowest BCUT2D eigenvalue weighted by molar-refractivity contribution is 0.584. The van der Waals surface area contributed by atoms with E-state index < -0.39 is 0 Å². The van der Waals surface area contributed by atoms with Gasteiger partial charge in [0.2, 0.25) is 0 Å². The second-order valence-electron chi connectivity index (χ2n) is 5.53. The molecule has 0 fully saturated rings. The minimum atomic E-state index is -0.204. The van der Waals surface area contributed by atoms with Crippen LogP contribution >= 0.6 is 11.8 Å². The number of hydrogen-bond donors (Lipinski definition) is 2. The van der Waals surface area contributed by atoms with E-state index in [1.54, 1.807) is 10.7 Å². The van der Waals surface area contributed by atoms with Crippen LogP contribution in [-0.4, -0.2) is 21.6 Å². The molecule has 20 heavy (non-hydrogen) atoms. The molecule has 2 N–H and O–H groups in total. The molecule has 0 unspecified atom stereocenters. The molecule has 0 radical (unpaired) electrons. The summed E-state index contributed by atoms with van der Waals surface area (Å²) in [5.41, 5.74) is 5.27. The van der Waals surface area contributed by atoms with Crippen molar-refractivity contribution in [2.45, 2.75) is 40.2 Å². The Morgan fingerprint density at radius 1 is 1.45 bits per heavy atom. The maximum Gasteiger partial charge on any atom is 0.176 e. The van der Waals surface area contributed by atoms with Crippen LogP contribution in [0.25, 0.3) is 0 Å². The van der Waals surface area contributed by atoms with Crippen LogP contribution in [0.5, 0.6) is 0 Å². The van der Waals surface area contributed by atoms with E-state index in [0.29, 0.717) is 10.7 Å². The number of nitrogens with zero attached hydrogens (tertiary/aromatic N) is 3. The first kappa shape index (κ1) is 16.3. The summed E-state index contributed by atoms with van der Waals surface area (Å²) in [5, 5.41) is 17.9. The summed E-state index contributed by atoms with van der Waals surface area (Å²) in [4.78, 5) is 4.57. The fraction of sp³-hybridized carbons (Fsp3) is 0.500. The average Bonchev–Trinajstić information content (AvgIpc) is 2.36. The predicted octanol–water partition coefficient (Wildman–Crippen LogP) is 2.52. The molecule has 0 aromatic carbocycles.